The lowest BCUT2D eigenvalue weighted by Gasteiger charge is -2.14. The second-order valence-electron chi connectivity index (χ2n) is 6.03. The van der Waals surface area contributed by atoms with E-state index in [4.69, 9.17) is 20.8 Å². The third-order valence-electron chi connectivity index (χ3n) is 3.91. The molecule has 7 nitrogen and oxygen atoms in total. The number of amides is 2. The topological polar surface area (TPSA) is 97.6 Å². The predicted molar refractivity (Wildman–Crippen MR) is 108 cm³/mol. The number of para-hydroxylation sites is 1. The highest BCUT2D eigenvalue weighted by atomic mass is 35.5. The Morgan fingerprint density at radius 3 is 2.34 bits per heavy atom. The van der Waals surface area contributed by atoms with Crippen molar-refractivity contribution in [3.05, 3.63) is 83.3 Å². The van der Waals surface area contributed by atoms with E-state index in [9.17, 15) is 14.4 Å². The summed E-state index contributed by atoms with van der Waals surface area (Å²) >= 11 is 6.00. The number of esters is 1. The van der Waals surface area contributed by atoms with Crippen LogP contribution in [-0.2, 0) is 9.53 Å². The van der Waals surface area contributed by atoms with Gasteiger partial charge in [0.25, 0.3) is 11.8 Å². The Morgan fingerprint density at radius 1 is 0.966 bits per heavy atom. The van der Waals surface area contributed by atoms with Gasteiger partial charge in [-0.25, -0.2) is 4.79 Å². The van der Waals surface area contributed by atoms with E-state index in [0.29, 0.717) is 16.4 Å². The third kappa shape index (κ3) is 5.24. The van der Waals surface area contributed by atoms with Crippen LogP contribution < -0.4 is 10.6 Å². The number of carbonyl (C=O) groups excluding carboxylic acids is 3. The van der Waals surface area contributed by atoms with E-state index < -0.39 is 23.9 Å². The van der Waals surface area contributed by atoms with Crippen molar-refractivity contribution in [2.24, 2.45) is 0 Å². The van der Waals surface area contributed by atoms with Crippen LogP contribution in [-0.4, -0.2) is 23.9 Å². The molecule has 2 N–H and O–H groups in total. The zero-order valence-corrected chi connectivity index (χ0v) is 16.1. The van der Waals surface area contributed by atoms with Crippen molar-refractivity contribution >= 4 is 40.8 Å². The molecule has 1 atom stereocenters. The molecule has 0 bridgehead atoms. The lowest BCUT2D eigenvalue weighted by Crippen LogP contribution is -2.30. The largest absolute Gasteiger partial charge is 0.459 e. The average Bonchev–Trinajstić information content (AvgIpc) is 3.25. The van der Waals surface area contributed by atoms with Crippen molar-refractivity contribution in [3.8, 4) is 0 Å². The van der Waals surface area contributed by atoms with E-state index in [1.807, 2.05) is 0 Å². The molecule has 0 fully saturated rings. The molecule has 3 rings (SSSR count). The van der Waals surface area contributed by atoms with Gasteiger partial charge in [-0.05, 0) is 55.5 Å². The molecule has 0 saturated carbocycles. The van der Waals surface area contributed by atoms with Crippen molar-refractivity contribution < 1.29 is 23.5 Å². The summed E-state index contributed by atoms with van der Waals surface area (Å²) in [6.07, 6.45) is 0.369. The Balaban J connectivity index is 1.56. The Hall–Kier alpha value is -3.58. The van der Waals surface area contributed by atoms with Crippen LogP contribution in [0.2, 0.25) is 5.02 Å². The van der Waals surface area contributed by atoms with Gasteiger partial charge < -0.3 is 19.8 Å². The smallest absolute Gasteiger partial charge is 0.338 e. The Kier molecular flexibility index (Phi) is 6.31. The Morgan fingerprint density at radius 2 is 1.69 bits per heavy atom. The number of carbonyl (C=O) groups is 3. The lowest BCUT2D eigenvalue weighted by atomic mass is 10.2. The third-order valence-corrected chi connectivity index (χ3v) is 4.24. The van der Waals surface area contributed by atoms with E-state index in [1.165, 1.54) is 31.4 Å². The number of nitrogens with one attached hydrogen (secondary N) is 2. The number of anilines is 2. The first kappa shape index (κ1) is 20.2. The molecular weight excluding hydrogens is 396 g/mol. The van der Waals surface area contributed by atoms with Gasteiger partial charge in [-0.2, -0.15) is 0 Å². The fourth-order valence-corrected chi connectivity index (χ4v) is 2.55. The number of hydrogen-bond donors (Lipinski definition) is 2. The van der Waals surface area contributed by atoms with Crippen molar-refractivity contribution in [3.63, 3.8) is 0 Å². The summed E-state index contributed by atoms with van der Waals surface area (Å²) in [6, 6.07) is 16.0. The van der Waals surface area contributed by atoms with Gasteiger partial charge in [0.2, 0.25) is 0 Å². The van der Waals surface area contributed by atoms with Crippen LogP contribution >= 0.6 is 11.6 Å². The fourth-order valence-electron chi connectivity index (χ4n) is 2.37. The minimum absolute atomic E-state index is 0.173. The molecule has 2 amide bonds. The maximum atomic E-state index is 12.3. The van der Waals surface area contributed by atoms with Gasteiger partial charge in [0, 0.05) is 5.69 Å². The number of hydrogen-bond acceptors (Lipinski definition) is 5. The van der Waals surface area contributed by atoms with Crippen molar-refractivity contribution in [2.45, 2.75) is 13.0 Å². The van der Waals surface area contributed by atoms with Crippen molar-refractivity contribution in [1.82, 2.24) is 0 Å². The summed E-state index contributed by atoms with van der Waals surface area (Å²) in [5.74, 6) is -1.41. The van der Waals surface area contributed by atoms with E-state index in [-0.39, 0.29) is 11.3 Å². The van der Waals surface area contributed by atoms with E-state index >= 15 is 0 Å². The summed E-state index contributed by atoms with van der Waals surface area (Å²) in [5.41, 5.74) is 1.14. The molecule has 0 saturated heterocycles. The molecule has 2 aromatic carbocycles. The molecule has 148 valence electrons. The fraction of sp³-hybridized carbons (Fsp3) is 0.0952. The molecule has 1 heterocycles. The quantitative estimate of drug-likeness (QED) is 0.586. The molecule has 0 spiro atoms. The minimum atomic E-state index is -1.03. The number of benzene rings is 2. The normalized spacial score (nSPS) is 11.4. The zero-order chi connectivity index (χ0) is 20.8. The summed E-state index contributed by atoms with van der Waals surface area (Å²) in [6.45, 7) is 1.46. The summed E-state index contributed by atoms with van der Waals surface area (Å²) < 4.78 is 10.2. The Bertz CT molecular complexity index is 1020. The lowest BCUT2D eigenvalue weighted by molar-refractivity contribution is -0.123. The van der Waals surface area contributed by atoms with Crippen LogP contribution in [0.5, 0.6) is 0 Å². The highest BCUT2D eigenvalue weighted by Gasteiger charge is 2.20. The first-order chi connectivity index (χ1) is 13.9. The second kappa shape index (κ2) is 9.07. The van der Waals surface area contributed by atoms with Gasteiger partial charge in [-0.1, -0.05) is 23.7 Å². The number of rotatable bonds is 6. The van der Waals surface area contributed by atoms with Crippen LogP contribution in [0.3, 0.4) is 0 Å². The van der Waals surface area contributed by atoms with Crippen LogP contribution in [0.25, 0.3) is 0 Å². The Labute approximate surface area is 171 Å². The average molecular weight is 413 g/mol. The summed E-state index contributed by atoms with van der Waals surface area (Å²) in [4.78, 5) is 36.4. The number of furan rings is 1. The standard InChI is InChI=1S/C21H17ClN2O5/c1-13(19(25)24-17-6-3-2-5-16(17)22)29-21(27)14-8-10-15(11-9-14)23-20(26)18-7-4-12-28-18/h2-13H,1H3,(H,23,26)(H,24,25)/t13-/m1/s1. The van der Waals surface area contributed by atoms with Gasteiger partial charge in [0.05, 0.1) is 22.5 Å². The first-order valence-corrected chi connectivity index (χ1v) is 9.03. The van der Waals surface area contributed by atoms with Gasteiger partial charge in [-0.3, -0.25) is 9.59 Å². The predicted octanol–water partition coefficient (Wildman–Crippen LogP) is 4.37. The first-order valence-electron chi connectivity index (χ1n) is 8.65. The zero-order valence-electron chi connectivity index (χ0n) is 15.3. The SMILES string of the molecule is C[C@@H](OC(=O)c1ccc(NC(=O)c2ccco2)cc1)C(=O)Nc1ccccc1Cl. The monoisotopic (exact) mass is 412 g/mol. The molecule has 3 aromatic rings. The minimum Gasteiger partial charge on any atom is -0.459 e. The molecule has 0 aliphatic rings. The molecule has 0 aliphatic carbocycles. The van der Waals surface area contributed by atoms with Crippen molar-refractivity contribution in [2.75, 3.05) is 10.6 Å². The van der Waals surface area contributed by atoms with Crippen LogP contribution in [0, 0.1) is 0 Å². The van der Waals surface area contributed by atoms with E-state index in [2.05, 4.69) is 10.6 Å². The maximum Gasteiger partial charge on any atom is 0.338 e. The van der Waals surface area contributed by atoms with Crippen molar-refractivity contribution in [1.29, 1.82) is 0 Å². The van der Waals surface area contributed by atoms with Gasteiger partial charge in [0.15, 0.2) is 11.9 Å². The van der Waals surface area contributed by atoms with Crippen LogP contribution in [0.4, 0.5) is 11.4 Å². The van der Waals surface area contributed by atoms with E-state index in [1.54, 1.807) is 42.5 Å². The molecule has 0 unspecified atom stereocenters. The van der Waals surface area contributed by atoms with Gasteiger partial charge >= 0.3 is 5.97 Å². The summed E-state index contributed by atoms with van der Waals surface area (Å²) in [7, 11) is 0. The molecule has 0 aliphatic heterocycles. The molecule has 29 heavy (non-hydrogen) atoms. The molecule has 0 radical (unpaired) electrons. The number of halogens is 1. The van der Waals surface area contributed by atoms with Gasteiger partial charge in [-0.15, -0.1) is 0 Å². The van der Waals surface area contributed by atoms with Crippen LogP contribution in [0.15, 0.2) is 71.3 Å². The number of ether oxygens (including phenoxy) is 1. The van der Waals surface area contributed by atoms with E-state index in [0.717, 1.165) is 0 Å². The second-order valence-corrected chi connectivity index (χ2v) is 6.43. The highest BCUT2D eigenvalue weighted by molar-refractivity contribution is 6.33. The van der Waals surface area contributed by atoms with Crippen LogP contribution in [0.1, 0.15) is 27.8 Å². The van der Waals surface area contributed by atoms with Gasteiger partial charge in [0.1, 0.15) is 0 Å². The highest BCUT2D eigenvalue weighted by Crippen LogP contribution is 2.21. The summed E-state index contributed by atoms with van der Waals surface area (Å²) in [5, 5.41) is 5.63. The maximum absolute atomic E-state index is 12.3. The molecular formula is C21H17ClN2O5. The molecule has 1 aromatic heterocycles. The molecule has 8 heteroatoms.